The zero-order chi connectivity index (χ0) is 20.8. The van der Waals surface area contributed by atoms with Crippen molar-refractivity contribution in [3.05, 3.63) is 37.2 Å². The second-order valence-corrected chi connectivity index (χ2v) is 10.1. The summed E-state index contributed by atoms with van der Waals surface area (Å²) < 4.78 is 1.81. The molecule has 158 valence electrons. The molecule has 30 heavy (non-hydrogen) atoms. The molecule has 2 aliphatic heterocycles. The van der Waals surface area contributed by atoms with Crippen LogP contribution >= 0.6 is 22.7 Å². The van der Waals surface area contributed by atoms with Gasteiger partial charge in [-0.3, -0.25) is 24.4 Å². The molecule has 0 aliphatic carbocycles. The van der Waals surface area contributed by atoms with Gasteiger partial charge in [-0.1, -0.05) is 13.3 Å². The minimum atomic E-state index is -0.200. The van der Waals surface area contributed by atoms with Crippen LogP contribution < -0.4 is 10.9 Å². The van der Waals surface area contributed by atoms with Gasteiger partial charge in [0.2, 0.25) is 0 Å². The molecule has 2 aliphatic rings. The lowest BCUT2D eigenvalue weighted by molar-refractivity contribution is 0.103. The Morgan fingerprint density at radius 3 is 2.83 bits per heavy atom. The molecule has 0 saturated heterocycles. The maximum atomic E-state index is 13.1. The highest BCUT2D eigenvalue weighted by Crippen LogP contribution is 2.31. The highest BCUT2D eigenvalue weighted by atomic mass is 32.1. The quantitative estimate of drug-likeness (QED) is 0.669. The third-order valence-electron chi connectivity index (χ3n) is 6.10. The molecule has 0 bridgehead atoms. The first-order valence-corrected chi connectivity index (χ1v) is 12.2. The first kappa shape index (κ1) is 19.8. The van der Waals surface area contributed by atoms with Crippen LogP contribution in [0.15, 0.2) is 4.79 Å². The van der Waals surface area contributed by atoms with Gasteiger partial charge in [0.1, 0.15) is 10.7 Å². The van der Waals surface area contributed by atoms with Crippen LogP contribution in [0, 0.1) is 6.92 Å². The Kier molecular flexibility index (Phi) is 5.20. The van der Waals surface area contributed by atoms with E-state index < -0.39 is 0 Å². The normalized spacial score (nSPS) is 16.9. The summed E-state index contributed by atoms with van der Waals surface area (Å²) in [5.74, 6) is 0.653. The summed E-state index contributed by atoms with van der Waals surface area (Å²) in [5.41, 5.74) is 1.81. The number of carbonyl (C=O) groups is 1. The minimum absolute atomic E-state index is 0.00549. The van der Waals surface area contributed by atoms with Crippen LogP contribution in [0.1, 0.15) is 57.8 Å². The highest BCUT2D eigenvalue weighted by Gasteiger charge is 2.24. The number of aryl methyl sites for hydroxylation is 2. The lowest BCUT2D eigenvalue weighted by Crippen LogP contribution is -2.29. The van der Waals surface area contributed by atoms with Gasteiger partial charge in [-0.2, -0.15) is 0 Å². The van der Waals surface area contributed by atoms with Gasteiger partial charge in [0.05, 0.1) is 16.0 Å². The summed E-state index contributed by atoms with van der Waals surface area (Å²) >= 11 is 2.87. The van der Waals surface area contributed by atoms with Crippen molar-refractivity contribution >= 4 is 43.9 Å². The molecule has 9 heteroatoms. The summed E-state index contributed by atoms with van der Waals surface area (Å²) in [5, 5.41) is 4.20. The van der Waals surface area contributed by atoms with Crippen molar-refractivity contribution in [3.8, 4) is 0 Å². The zero-order valence-corrected chi connectivity index (χ0v) is 18.9. The van der Waals surface area contributed by atoms with E-state index in [2.05, 4.69) is 22.1 Å². The van der Waals surface area contributed by atoms with Crippen molar-refractivity contribution in [2.45, 2.75) is 59.0 Å². The van der Waals surface area contributed by atoms with E-state index in [-0.39, 0.29) is 11.5 Å². The van der Waals surface area contributed by atoms with Gasteiger partial charge in [0.15, 0.2) is 5.13 Å². The molecule has 7 nitrogen and oxygen atoms in total. The monoisotopic (exact) mass is 443 g/mol. The minimum Gasteiger partial charge on any atom is -0.298 e. The van der Waals surface area contributed by atoms with Crippen LogP contribution in [-0.4, -0.2) is 38.4 Å². The van der Waals surface area contributed by atoms with Crippen LogP contribution in [-0.2, 0) is 25.9 Å². The van der Waals surface area contributed by atoms with Crippen LogP contribution in [0.4, 0.5) is 5.13 Å². The summed E-state index contributed by atoms with van der Waals surface area (Å²) in [7, 11) is 0. The number of carbonyl (C=O) groups excluding carboxylic acids is 1. The summed E-state index contributed by atoms with van der Waals surface area (Å²) in [6, 6.07) is 0. The van der Waals surface area contributed by atoms with Crippen molar-refractivity contribution in [3.63, 3.8) is 0 Å². The Morgan fingerprint density at radius 2 is 2.00 bits per heavy atom. The lowest BCUT2D eigenvalue weighted by Gasteiger charge is -2.23. The van der Waals surface area contributed by atoms with Gasteiger partial charge < -0.3 is 0 Å². The number of aromatic nitrogens is 3. The second-order valence-electron chi connectivity index (χ2n) is 7.99. The predicted molar refractivity (Wildman–Crippen MR) is 121 cm³/mol. The zero-order valence-electron chi connectivity index (χ0n) is 17.3. The van der Waals surface area contributed by atoms with Crippen molar-refractivity contribution in [2.24, 2.45) is 0 Å². The van der Waals surface area contributed by atoms with Crippen molar-refractivity contribution in [2.75, 3.05) is 18.4 Å². The Labute approximate surface area is 182 Å². The number of nitrogens with one attached hydrogen (secondary N) is 1. The van der Waals surface area contributed by atoms with Gasteiger partial charge in [-0.05, 0) is 31.9 Å². The molecule has 0 unspecified atom stereocenters. The summed E-state index contributed by atoms with van der Waals surface area (Å²) in [6.45, 7) is 7.66. The van der Waals surface area contributed by atoms with Gasteiger partial charge >= 0.3 is 0 Å². The number of amides is 1. The maximum Gasteiger partial charge on any atom is 0.267 e. The van der Waals surface area contributed by atoms with Gasteiger partial charge in [0, 0.05) is 37.4 Å². The molecule has 3 aromatic rings. The van der Waals surface area contributed by atoms with Crippen LogP contribution in [0.3, 0.4) is 0 Å². The van der Waals surface area contributed by atoms with Crippen LogP contribution in [0.25, 0.3) is 10.2 Å². The molecule has 0 aromatic carbocycles. The van der Waals surface area contributed by atoms with E-state index >= 15 is 0 Å². The third-order valence-corrected chi connectivity index (χ3v) is 8.28. The fourth-order valence-electron chi connectivity index (χ4n) is 4.35. The summed E-state index contributed by atoms with van der Waals surface area (Å²) in [6.07, 6.45) is 4.92. The molecule has 5 rings (SSSR count). The molecular weight excluding hydrogens is 418 g/mol. The first-order chi connectivity index (χ1) is 14.5. The van der Waals surface area contributed by atoms with Crippen molar-refractivity contribution in [1.82, 2.24) is 19.4 Å². The standard InChI is InChI=1S/C21H25N5O2S2/c1-3-25-10-8-13-14(11-25)29-21(22-13)24-18(27)17-12(2)16-19(30-17)23-15-7-5-4-6-9-26(15)20(16)28/h3-11H2,1-2H3,(H,22,24,27). The Balaban J connectivity index is 1.46. The smallest absolute Gasteiger partial charge is 0.267 e. The Bertz CT molecular complexity index is 1190. The number of hydrogen-bond donors (Lipinski definition) is 1. The van der Waals surface area contributed by atoms with E-state index in [1.54, 1.807) is 11.3 Å². The molecule has 0 fully saturated rings. The van der Waals surface area contributed by atoms with Gasteiger partial charge in [0.25, 0.3) is 11.5 Å². The van der Waals surface area contributed by atoms with Crippen molar-refractivity contribution in [1.29, 1.82) is 0 Å². The number of thiazole rings is 1. The van der Waals surface area contributed by atoms with E-state index in [1.807, 2.05) is 11.5 Å². The van der Waals surface area contributed by atoms with E-state index in [4.69, 9.17) is 4.98 Å². The van der Waals surface area contributed by atoms with Crippen molar-refractivity contribution < 1.29 is 4.79 Å². The third kappa shape index (κ3) is 3.38. The van der Waals surface area contributed by atoms with E-state index in [0.717, 1.165) is 68.8 Å². The largest absolute Gasteiger partial charge is 0.298 e. The van der Waals surface area contributed by atoms with Gasteiger partial charge in [-0.25, -0.2) is 9.97 Å². The average molecular weight is 444 g/mol. The molecule has 0 atom stereocenters. The maximum absolute atomic E-state index is 13.1. The number of thiophene rings is 1. The van der Waals surface area contributed by atoms with E-state index in [0.29, 0.717) is 26.8 Å². The fraction of sp³-hybridized carbons (Fsp3) is 0.524. The second kappa shape index (κ2) is 7.86. The predicted octanol–water partition coefficient (Wildman–Crippen LogP) is 3.58. The molecule has 0 saturated carbocycles. The lowest BCUT2D eigenvalue weighted by atomic mass is 10.2. The van der Waals surface area contributed by atoms with E-state index in [9.17, 15) is 9.59 Å². The number of fused-ring (bicyclic) bond motifs is 3. The highest BCUT2D eigenvalue weighted by molar-refractivity contribution is 7.21. The molecule has 1 amide bonds. The number of anilines is 1. The van der Waals surface area contributed by atoms with Gasteiger partial charge in [-0.15, -0.1) is 22.7 Å². The van der Waals surface area contributed by atoms with Crippen LogP contribution in [0.2, 0.25) is 0 Å². The number of rotatable bonds is 3. The Hall–Kier alpha value is -2.10. The average Bonchev–Trinajstić information content (AvgIpc) is 3.18. The molecular formula is C21H25N5O2S2. The Morgan fingerprint density at radius 1 is 1.13 bits per heavy atom. The number of nitrogens with zero attached hydrogens (tertiary/aromatic N) is 4. The summed E-state index contributed by atoms with van der Waals surface area (Å²) in [4.78, 5) is 40.4. The fourth-order valence-corrected chi connectivity index (χ4v) is 6.48. The molecule has 3 aromatic heterocycles. The number of likely N-dealkylation sites (N-methyl/N-ethyl adjacent to an activating group) is 1. The first-order valence-electron chi connectivity index (χ1n) is 10.6. The van der Waals surface area contributed by atoms with Crippen LogP contribution in [0.5, 0.6) is 0 Å². The molecule has 0 radical (unpaired) electrons. The SMILES string of the molecule is CCN1CCc2nc(NC(=O)c3sc4nc5n(c(=O)c4c3C)CCCCC5)sc2C1. The topological polar surface area (TPSA) is 80.1 Å². The molecule has 5 heterocycles. The number of hydrogen-bond acceptors (Lipinski definition) is 7. The molecule has 0 spiro atoms. The van der Waals surface area contributed by atoms with E-state index in [1.165, 1.54) is 16.2 Å². The molecule has 1 N–H and O–H groups in total.